The van der Waals surface area contributed by atoms with Gasteiger partial charge >= 0.3 is 5.97 Å². The summed E-state index contributed by atoms with van der Waals surface area (Å²) >= 11 is 1.04. The third-order valence-electron chi connectivity index (χ3n) is 6.35. The van der Waals surface area contributed by atoms with E-state index >= 15 is 0 Å². The summed E-state index contributed by atoms with van der Waals surface area (Å²) in [6.07, 6.45) is 3.17. The first-order chi connectivity index (χ1) is 17.9. The van der Waals surface area contributed by atoms with Crippen molar-refractivity contribution in [2.45, 2.75) is 39.2 Å². The molecule has 0 radical (unpaired) electrons. The van der Waals surface area contributed by atoms with E-state index in [-0.39, 0.29) is 21.9 Å². The number of fused-ring (bicyclic) bond motifs is 2. The molecule has 0 fully saturated rings. The summed E-state index contributed by atoms with van der Waals surface area (Å²) < 4.78 is 16.7. The average Bonchev–Trinajstić information content (AvgIpc) is 3.44. The molecule has 8 nitrogen and oxygen atoms in total. The normalized spacial score (nSPS) is 14.7. The Labute approximate surface area is 217 Å². The average molecular weight is 519 g/mol. The molecule has 1 unspecified atom stereocenters. The molecular formula is C28H26N2O6S. The molecule has 0 saturated carbocycles. The van der Waals surface area contributed by atoms with Crippen LogP contribution >= 0.6 is 11.3 Å². The minimum Gasteiger partial charge on any atom is -0.494 e. The smallest absolute Gasteiger partial charge is 0.350 e. The summed E-state index contributed by atoms with van der Waals surface area (Å²) in [5, 5.41) is 0.671. The van der Waals surface area contributed by atoms with Crippen molar-refractivity contribution in [3.8, 4) is 5.75 Å². The van der Waals surface area contributed by atoms with Crippen LogP contribution in [0.15, 0.2) is 57.7 Å². The van der Waals surface area contributed by atoms with Gasteiger partial charge in [0, 0.05) is 0 Å². The van der Waals surface area contributed by atoms with Gasteiger partial charge in [-0.05, 0) is 43.2 Å². The third kappa shape index (κ3) is 4.40. The molecule has 0 saturated heterocycles. The molecule has 3 heterocycles. The van der Waals surface area contributed by atoms with Crippen molar-refractivity contribution in [1.29, 1.82) is 0 Å². The fourth-order valence-corrected chi connectivity index (χ4v) is 5.50. The number of aromatic nitrogens is 1. The van der Waals surface area contributed by atoms with Crippen molar-refractivity contribution in [2.75, 3.05) is 18.6 Å². The van der Waals surface area contributed by atoms with Crippen molar-refractivity contribution in [1.82, 2.24) is 4.98 Å². The lowest BCUT2D eigenvalue weighted by atomic mass is 9.98. The number of anilines is 1. The molecule has 1 aliphatic heterocycles. The summed E-state index contributed by atoms with van der Waals surface area (Å²) in [5.74, 6) is -0.347. The molecule has 1 amide bonds. The number of amides is 1. The summed E-state index contributed by atoms with van der Waals surface area (Å²) in [6.45, 7) is 4.44. The summed E-state index contributed by atoms with van der Waals surface area (Å²) in [5.41, 5.74) is 1.44. The molecule has 9 heteroatoms. The Hall–Kier alpha value is -3.98. The Morgan fingerprint density at radius 2 is 1.86 bits per heavy atom. The zero-order valence-corrected chi connectivity index (χ0v) is 21.6. The summed E-state index contributed by atoms with van der Waals surface area (Å²) in [6, 6.07) is 13.4. The molecule has 0 bridgehead atoms. The van der Waals surface area contributed by atoms with E-state index < -0.39 is 17.9 Å². The largest absolute Gasteiger partial charge is 0.494 e. The number of aryl methyl sites for hydroxylation is 1. The maximum atomic E-state index is 13.7. The summed E-state index contributed by atoms with van der Waals surface area (Å²) in [7, 11) is 1.29. The van der Waals surface area contributed by atoms with Crippen LogP contribution in [0.5, 0.6) is 5.75 Å². The van der Waals surface area contributed by atoms with Gasteiger partial charge in [0.2, 0.25) is 5.76 Å². The Bertz CT molecular complexity index is 1540. The SMILES string of the molecule is CCCCCOc1ccc(C2c3c(oc4ccccc4c3=O)C(=O)N2c2nc(C)c(C(=O)OC)s2)cc1. The van der Waals surface area contributed by atoms with E-state index in [2.05, 4.69) is 11.9 Å². The van der Waals surface area contributed by atoms with Crippen LogP contribution in [0, 0.1) is 6.92 Å². The van der Waals surface area contributed by atoms with Crippen LogP contribution in [0.25, 0.3) is 11.0 Å². The monoisotopic (exact) mass is 518 g/mol. The number of hydrogen-bond acceptors (Lipinski definition) is 8. The first-order valence-corrected chi connectivity index (χ1v) is 12.9. The number of ether oxygens (including phenoxy) is 2. The van der Waals surface area contributed by atoms with Gasteiger partial charge in [0.15, 0.2) is 10.6 Å². The lowest BCUT2D eigenvalue weighted by Gasteiger charge is -2.22. The number of para-hydroxylation sites is 1. The van der Waals surface area contributed by atoms with Crippen molar-refractivity contribution in [2.24, 2.45) is 0 Å². The number of benzene rings is 2. The molecule has 0 aliphatic carbocycles. The number of methoxy groups -OCH3 is 1. The Morgan fingerprint density at radius 3 is 2.59 bits per heavy atom. The molecular weight excluding hydrogens is 492 g/mol. The van der Waals surface area contributed by atoms with Gasteiger partial charge in [-0.15, -0.1) is 0 Å². The van der Waals surface area contributed by atoms with Crippen LogP contribution < -0.4 is 15.1 Å². The number of esters is 1. The molecule has 1 aliphatic rings. The van der Waals surface area contributed by atoms with Crippen LogP contribution in [-0.2, 0) is 4.74 Å². The minimum atomic E-state index is -0.784. The molecule has 5 rings (SSSR count). The van der Waals surface area contributed by atoms with Crippen molar-refractivity contribution < 1.29 is 23.5 Å². The van der Waals surface area contributed by atoms with E-state index in [1.807, 2.05) is 24.3 Å². The third-order valence-corrected chi connectivity index (χ3v) is 7.49. The lowest BCUT2D eigenvalue weighted by molar-refractivity contribution is 0.0605. The molecule has 2 aromatic carbocycles. The van der Waals surface area contributed by atoms with Crippen LogP contribution in [0.2, 0.25) is 0 Å². The highest BCUT2D eigenvalue weighted by Crippen LogP contribution is 2.43. The quantitative estimate of drug-likeness (QED) is 0.219. The highest BCUT2D eigenvalue weighted by molar-refractivity contribution is 7.17. The van der Waals surface area contributed by atoms with E-state index in [1.165, 1.54) is 12.0 Å². The number of rotatable bonds is 8. The van der Waals surface area contributed by atoms with Gasteiger partial charge in [-0.3, -0.25) is 14.5 Å². The van der Waals surface area contributed by atoms with Gasteiger partial charge in [-0.1, -0.05) is 55.4 Å². The first-order valence-electron chi connectivity index (χ1n) is 12.1. The highest BCUT2D eigenvalue weighted by atomic mass is 32.1. The number of carbonyl (C=O) groups is 2. The second-order valence-electron chi connectivity index (χ2n) is 8.77. The standard InChI is InChI=1S/C28H26N2O6S/c1-4-5-8-15-35-18-13-11-17(12-14-18)22-21-23(31)19-9-6-7-10-20(19)36-24(21)26(32)30(22)28-29-16(2)25(37-28)27(33)34-3/h6-7,9-14,22H,4-5,8,15H2,1-3H3. The predicted octanol–water partition coefficient (Wildman–Crippen LogP) is 5.66. The highest BCUT2D eigenvalue weighted by Gasteiger charge is 2.45. The molecule has 0 N–H and O–H groups in total. The van der Waals surface area contributed by atoms with Gasteiger partial charge in [0.25, 0.3) is 5.91 Å². The van der Waals surface area contributed by atoms with Crippen LogP contribution in [0.4, 0.5) is 5.13 Å². The van der Waals surface area contributed by atoms with Crippen LogP contribution in [0.3, 0.4) is 0 Å². The Kier molecular flexibility index (Phi) is 6.80. The van der Waals surface area contributed by atoms with E-state index in [0.29, 0.717) is 39.5 Å². The molecule has 190 valence electrons. The van der Waals surface area contributed by atoms with Crippen LogP contribution in [-0.4, -0.2) is 30.6 Å². The zero-order valence-electron chi connectivity index (χ0n) is 20.8. The van der Waals surface area contributed by atoms with Crippen molar-refractivity contribution >= 4 is 39.3 Å². The molecule has 0 spiro atoms. The van der Waals surface area contributed by atoms with Gasteiger partial charge in [0.1, 0.15) is 16.2 Å². The maximum Gasteiger partial charge on any atom is 0.350 e. The van der Waals surface area contributed by atoms with Crippen molar-refractivity contribution in [3.63, 3.8) is 0 Å². The number of nitrogens with zero attached hydrogens (tertiary/aromatic N) is 2. The zero-order chi connectivity index (χ0) is 26.1. The fourth-order valence-electron chi connectivity index (χ4n) is 4.49. The predicted molar refractivity (Wildman–Crippen MR) is 141 cm³/mol. The van der Waals surface area contributed by atoms with E-state index in [1.54, 1.807) is 31.2 Å². The minimum absolute atomic E-state index is 0.0268. The van der Waals surface area contributed by atoms with Gasteiger partial charge < -0.3 is 13.9 Å². The summed E-state index contributed by atoms with van der Waals surface area (Å²) in [4.78, 5) is 45.9. The van der Waals surface area contributed by atoms with Gasteiger partial charge in [0.05, 0.1) is 36.4 Å². The van der Waals surface area contributed by atoms with Gasteiger partial charge in [-0.2, -0.15) is 0 Å². The van der Waals surface area contributed by atoms with E-state index in [4.69, 9.17) is 13.9 Å². The molecule has 1 atom stereocenters. The number of thiazole rings is 1. The number of carbonyl (C=O) groups excluding carboxylic acids is 2. The Balaban J connectivity index is 1.62. The molecule has 2 aromatic heterocycles. The van der Waals surface area contributed by atoms with Crippen molar-refractivity contribution in [3.05, 3.63) is 86.2 Å². The second kappa shape index (κ2) is 10.2. The fraction of sp³-hybridized carbons (Fsp3) is 0.286. The second-order valence-corrected chi connectivity index (χ2v) is 9.75. The number of unbranched alkanes of at least 4 members (excludes halogenated alkanes) is 2. The topological polar surface area (TPSA) is 98.9 Å². The molecule has 37 heavy (non-hydrogen) atoms. The van der Waals surface area contributed by atoms with E-state index in [0.717, 1.165) is 30.6 Å². The first kappa shape index (κ1) is 24.7. The maximum absolute atomic E-state index is 13.7. The lowest BCUT2D eigenvalue weighted by Crippen LogP contribution is -2.29. The van der Waals surface area contributed by atoms with E-state index in [9.17, 15) is 14.4 Å². The Morgan fingerprint density at radius 1 is 1.11 bits per heavy atom. The van der Waals surface area contributed by atoms with Crippen LogP contribution in [0.1, 0.15) is 69.3 Å². The molecule has 4 aromatic rings. The van der Waals surface area contributed by atoms with Gasteiger partial charge in [-0.25, -0.2) is 9.78 Å². The number of hydrogen-bond donors (Lipinski definition) is 0.